The summed E-state index contributed by atoms with van der Waals surface area (Å²) in [6.45, 7) is 2.86. The van der Waals surface area contributed by atoms with Gasteiger partial charge in [-0.1, -0.05) is 23.7 Å². The van der Waals surface area contributed by atoms with E-state index in [-0.39, 0.29) is 17.7 Å². The predicted octanol–water partition coefficient (Wildman–Crippen LogP) is 3.58. The smallest absolute Gasteiger partial charge is 0.229 e. The number of anilines is 1. The lowest BCUT2D eigenvalue weighted by molar-refractivity contribution is -0.132. The Balaban J connectivity index is 1.53. The lowest BCUT2D eigenvalue weighted by Crippen LogP contribution is -2.40. The maximum Gasteiger partial charge on any atom is 0.229 e. The number of halogens is 1. The van der Waals surface area contributed by atoms with E-state index in [1.807, 2.05) is 24.3 Å². The molecule has 2 aromatic rings. The van der Waals surface area contributed by atoms with Crippen molar-refractivity contribution in [3.63, 3.8) is 0 Å². The van der Waals surface area contributed by atoms with Gasteiger partial charge in [0.25, 0.3) is 0 Å². The first-order chi connectivity index (χ1) is 12.0. The second-order valence-electron chi connectivity index (χ2n) is 6.20. The van der Waals surface area contributed by atoms with Crippen molar-refractivity contribution in [3.8, 4) is 0 Å². The van der Waals surface area contributed by atoms with Gasteiger partial charge >= 0.3 is 0 Å². The Morgan fingerprint density at radius 3 is 2.60 bits per heavy atom. The summed E-state index contributed by atoms with van der Waals surface area (Å²) in [5.41, 5.74) is 1.16. The number of amides is 2. The van der Waals surface area contributed by atoms with E-state index in [1.165, 1.54) is 11.3 Å². The second kappa shape index (κ2) is 7.97. The third kappa shape index (κ3) is 4.80. The lowest BCUT2D eigenvalue weighted by Gasteiger charge is -2.30. The Hall–Kier alpha value is -1.92. The molecular weight excluding hydrogens is 358 g/mol. The van der Waals surface area contributed by atoms with Crippen molar-refractivity contribution in [2.75, 3.05) is 18.4 Å². The van der Waals surface area contributed by atoms with Crippen molar-refractivity contribution in [1.82, 2.24) is 9.88 Å². The Morgan fingerprint density at radius 2 is 1.96 bits per heavy atom. The first-order valence-electron chi connectivity index (χ1n) is 8.27. The molecule has 0 unspecified atom stereocenters. The lowest BCUT2D eigenvalue weighted by atomic mass is 9.96. The van der Waals surface area contributed by atoms with E-state index < -0.39 is 0 Å². The summed E-state index contributed by atoms with van der Waals surface area (Å²) in [6, 6.07) is 7.72. The molecule has 2 amide bonds. The number of nitrogens with one attached hydrogen (secondary N) is 1. The predicted molar refractivity (Wildman–Crippen MR) is 100.0 cm³/mol. The highest BCUT2D eigenvalue weighted by atomic mass is 35.5. The van der Waals surface area contributed by atoms with Crippen LogP contribution in [0.4, 0.5) is 5.13 Å². The molecule has 3 rings (SSSR count). The number of hydrogen-bond acceptors (Lipinski definition) is 4. The summed E-state index contributed by atoms with van der Waals surface area (Å²) in [5.74, 6) is 0.0143. The van der Waals surface area contributed by atoms with Crippen LogP contribution in [0.3, 0.4) is 0 Å². The average molecular weight is 378 g/mol. The van der Waals surface area contributed by atoms with Crippen molar-refractivity contribution in [2.24, 2.45) is 5.92 Å². The first kappa shape index (κ1) is 17.9. The molecule has 1 N–H and O–H groups in total. The third-order valence-corrected chi connectivity index (χ3v) is 5.55. The zero-order chi connectivity index (χ0) is 17.8. The van der Waals surface area contributed by atoms with Gasteiger partial charge in [-0.15, -0.1) is 11.3 Å². The molecule has 1 aliphatic heterocycles. The molecule has 7 heteroatoms. The molecule has 0 aliphatic carbocycles. The van der Waals surface area contributed by atoms with E-state index in [0.29, 0.717) is 31.1 Å². The summed E-state index contributed by atoms with van der Waals surface area (Å²) in [5, 5.41) is 4.26. The van der Waals surface area contributed by atoms with Crippen molar-refractivity contribution in [2.45, 2.75) is 26.2 Å². The zero-order valence-electron chi connectivity index (χ0n) is 14.0. The van der Waals surface area contributed by atoms with Crippen molar-refractivity contribution >= 4 is 39.9 Å². The van der Waals surface area contributed by atoms with E-state index in [0.717, 1.165) is 21.9 Å². The van der Waals surface area contributed by atoms with Crippen molar-refractivity contribution < 1.29 is 9.59 Å². The normalized spacial score (nSPS) is 15.2. The third-order valence-electron chi connectivity index (χ3n) is 4.39. The van der Waals surface area contributed by atoms with Crippen LogP contribution >= 0.6 is 22.9 Å². The van der Waals surface area contributed by atoms with Gasteiger partial charge in [-0.3, -0.25) is 9.59 Å². The molecule has 1 saturated heterocycles. The standard InChI is InChI=1S/C18H20ClN3O2S/c1-12(23)22-8-6-14(7-9-22)17(24)21-18-20-11-16(25-18)10-13-2-4-15(19)5-3-13/h2-5,11,14H,6-10H2,1H3,(H,20,21,24). The number of rotatable bonds is 4. The number of carbonyl (C=O) groups excluding carboxylic acids is 2. The van der Waals surface area contributed by atoms with Gasteiger partial charge in [0.15, 0.2) is 5.13 Å². The van der Waals surface area contributed by atoms with Crippen LogP contribution in [0.25, 0.3) is 0 Å². The van der Waals surface area contributed by atoms with Crippen LogP contribution in [0.15, 0.2) is 30.5 Å². The van der Waals surface area contributed by atoms with Gasteiger partial charge in [-0.05, 0) is 30.5 Å². The van der Waals surface area contributed by atoms with Crippen LogP contribution in [0, 0.1) is 5.92 Å². The van der Waals surface area contributed by atoms with Crippen LogP contribution in [0.5, 0.6) is 0 Å². The molecule has 25 heavy (non-hydrogen) atoms. The molecule has 1 aromatic heterocycles. The summed E-state index contributed by atoms with van der Waals surface area (Å²) in [4.78, 5) is 30.9. The fraction of sp³-hybridized carbons (Fsp3) is 0.389. The fourth-order valence-electron chi connectivity index (χ4n) is 2.91. The molecule has 1 fully saturated rings. The number of carbonyl (C=O) groups is 2. The summed E-state index contributed by atoms with van der Waals surface area (Å²) >= 11 is 7.39. The van der Waals surface area contributed by atoms with E-state index >= 15 is 0 Å². The monoisotopic (exact) mass is 377 g/mol. The van der Waals surface area contributed by atoms with Crippen LogP contribution in [0.1, 0.15) is 30.2 Å². The summed E-state index contributed by atoms with van der Waals surface area (Å²) in [6.07, 6.45) is 3.97. The van der Waals surface area contributed by atoms with Gasteiger partial charge in [-0.2, -0.15) is 0 Å². The maximum atomic E-state index is 12.4. The van der Waals surface area contributed by atoms with E-state index in [1.54, 1.807) is 18.0 Å². The van der Waals surface area contributed by atoms with Gasteiger partial charge < -0.3 is 10.2 Å². The minimum absolute atomic E-state index is 0.00408. The molecule has 1 aromatic carbocycles. The Kier molecular flexibility index (Phi) is 5.71. The molecule has 0 radical (unpaired) electrons. The number of piperidine rings is 1. The zero-order valence-corrected chi connectivity index (χ0v) is 15.6. The Bertz CT molecular complexity index is 752. The van der Waals surface area contributed by atoms with E-state index in [2.05, 4.69) is 10.3 Å². The minimum atomic E-state index is -0.0563. The first-order valence-corrected chi connectivity index (χ1v) is 9.46. The molecule has 0 spiro atoms. The van der Waals surface area contributed by atoms with Crippen molar-refractivity contribution in [1.29, 1.82) is 0 Å². The quantitative estimate of drug-likeness (QED) is 0.885. The number of benzene rings is 1. The molecule has 132 valence electrons. The molecule has 1 aliphatic rings. The molecule has 2 heterocycles. The van der Waals surface area contributed by atoms with Crippen LogP contribution in [-0.4, -0.2) is 34.8 Å². The highest BCUT2D eigenvalue weighted by molar-refractivity contribution is 7.15. The van der Waals surface area contributed by atoms with Gasteiger partial charge in [0.05, 0.1) is 0 Å². The van der Waals surface area contributed by atoms with E-state index in [4.69, 9.17) is 11.6 Å². The largest absolute Gasteiger partial charge is 0.343 e. The number of hydrogen-bond donors (Lipinski definition) is 1. The topological polar surface area (TPSA) is 62.3 Å². The van der Waals surface area contributed by atoms with Gasteiger partial charge in [0, 0.05) is 48.4 Å². The van der Waals surface area contributed by atoms with Crippen LogP contribution in [-0.2, 0) is 16.0 Å². The minimum Gasteiger partial charge on any atom is -0.343 e. The number of thiazole rings is 1. The van der Waals surface area contributed by atoms with Crippen LogP contribution < -0.4 is 5.32 Å². The second-order valence-corrected chi connectivity index (χ2v) is 7.76. The SMILES string of the molecule is CC(=O)N1CCC(C(=O)Nc2ncc(Cc3ccc(Cl)cc3)s2)CC1. The number of likely N-dealkylation sites (tertiary alicyclic amines) is 1. The van der Waals surface area contributed by atoms with Crippen molar-refractivity contribution in [3.05, 3.63) is 45.9 Å². The highest BCUT2D eigenvalue weighted by Gasteiger charge is 2.26. The number of aromatic nitrogens is 1. The highest BCUT2D eigenvalue weighted by Crippen LogP contribution is 2.24. The average Bonchev–Trinajstić information content (AvgIpc) is 3.04. The fourth-order valence-corrected chi connectivity index (χ4v) is 3.89. The summed E-state index contributed by atoms with van der Waals surface area (Å²) in [7, 11) is 0. The molecular formula is C18H20ClN3O2S. The molecule has 0 atom stereocenters. The summed E-state index contributed by atoms with van der Waals surface area (Å²) < 4.78 is 0. The molecule has 0 saturated carbocycles. The van der Waals surface area contributed by atoms with Crippen LogP contribution in [0.2, 0.25) is 5.02 Å². The molecule has 5 nitrogen and oxygen atoms in total. The maximum absolute atomic E-state index is 12.4. The van der Waals surface area contributed by atoms with Gasteiger partial charge in [-0.25, -0.2) is 4.98 Å². The van der Waals surface area contributed by atoms with Gasteiger partial charge in [0.2, 0.25) is 11.8 Å². The Morgan fingerprint density at radius 1 is 1.28 bits per heavy atom. The van der Waals surface area contributed by atoms with E-state index in [9.17, 15) is 9.59 Å². The number of nitrogens with zero attached hydrogens (tertiary/aromatic N) is 2. The molecule has 0 bridgehead atoms. The van der Waals surface area contributed by atoms with Gasteiger partial charge in [0.1, 0.15) is 0 Å². The Labute approximate surface area is 156 Å².